The summed E-state index contributed by atoms with van der Waals surface area (Å²) in [7, 11) is 2.06. The molecule has 0 amide bonds. The van der Waals surface area contributed by atoms with Crippen LogP contribution in [0, 0.1) is 13.8 Å². The van der Waals surface area contributed by atoms with Gasteiger partial charge in [-0.1, -0.05) is 0 Å². The highest BCUT2D eigenvalue weighted by Crippen LogP contribution is 2.26. The van der Waals surface area contributed by atoms with Gasteiger partial charge in [-0.2, -0.15) is 0 Å². The molecule has 2 atom stereocenters. The molecular formula is C14H23N3. The van der Waals surface area contributed by atoms with Crippen molar-refractivity contribution in [2.45, 2.75) is 45.7 Å². The van der Waals surface area contributed by atoms with Crippen LogP contribution in [0.25, 0.3) is 0 Å². The van der Waals surface area contributed by atoms with Gasteiger partial charge in [0.05, 0.1) is 11.4 Å². The minimum atomic E-state index is 0.587. The lowest BCUT2D eigenvalue weighted by Gasteiger charge is -2.39. The van der Waals surface area contributed by atoms with Crippen LogP contribution < -0.4 is 10.2 Å². The Bertz CT molecular complexity index is 389. The van der Waals surface area contributed by atoms with Crippen LogP contribution in [0.2, 0.25) is 0 Å². The van der Waals surface area contributed by atoms with Crippen LogP contribution in [0.1, 0.15) is 31.2 Å². The van der Waals surface area contributed by atoms with Crippen molar-refractivity contribution in [3.8, 4) is 0 Å². The van der Waals surface area contributed by atoms with Gasteiger partial charge in [0.15, 0.2) is 0 Å². The van der Waals surface area contributed by atoms with E-state index in [1.807, 2.05) is 6.92 Å². The average molecular weight is 233 g/mol. The highest BCUT2D eigenvalue weighted by molar-refractivity contribution is 5.51. The molecule has 17 heavy (non-hydrogen) atoms. The summed E-state index contributed by atoms with van der Waals surface area (Å²) in [4.78, 5) is 7.06. The Balaban J connectivity index is 2.17. The van der Waals surface area contributed by atoms with E-state index < -0.39 is 0 Å². The van der Waals surface area contributed by atoms with Gasteiger partial charge < -0.3 is 10.2 Å². The van der Waals surface area contributed by atoms with Gasteiger partial charge in [-0.15, -0.1) is 0 Å². The summed E-state index contributed by atoms with van der Waals surface area (Å²) in [5.74, 6) is 0. The highest BCUT2D eigenvalue weighted by Gasteiger charge is 2.25. The summed E-state index contributed by atoms with van der Waals surface area (Å²) in [6.45, 7) is 7.59. The van der Waals surface area contributed by atoms with Crippen molar-refractivity contribution in [2.75, 3.05) is 18.5 Å². The van der Waals surface area contributed by atoms with Gasteiger partial charge in [0.2, 0.25) is 0 Å². The summed E-state index contributed by atoms with van der Waals surface area (Å²) in [5.41, 5.74) is 3.56. The number of hydrogen-bond donors (Lipinski definition) is 1. The first-order chi connectivity index (χ1) is 8.11. The second kappa shape index (κ2) is 5.05. The van der Waals surface area contributed by atoms with Gasteiger partial charge in [0.25, 0.3) is 0 Å². The standard InChI is InChI=1S/C14H23N3/c1-10-5-6-14(12(3)16-10)17-8-7-13(15-4)9-11(17)2/h5-6,11,13,15H,7-9H2,1-4H3. The fourth-order valence-corrected chi connectivity index (χ4v) is 2.78. The van der Waals surface area contributed by atoms with E-state index in [1.54, 1.807) is 0 Å². The Hall–Kier alpha value is -1.09. The predicted octanol–water partition coefficient (Wildman–Crippen LogP) is 2.28. The molecular weight excluding hydrogens is 210 g/mol. The molecule has 1 fully saturated rings. The molecule has 94 valence electrons. The van der Waals surface area contributed by atoms with Crippen LogP contribution in [0.4, 0.5) is 5.69 Å². The Morgan fingerprint density at radius 3 is 2.71 bits per heavy atom. The molecule has 2 heterocycles. The fraction of sp³-hybridized carbons (Fsp3) is 0.643. The van der Waals surface area contributed by atoms with Crippen molar-refractivity contribution in [1.29, 1.82) is 0 Å². The lowest BCUT2D eigenvalue weighted by Crippen LogP contribution is -2.47. The third-order valence-corrected chi connectivity index (χ3v) is 3.79. The number of nitrogens with zero attached hydrogens (tertiary/aromatic N) is 2. The first-order valence-electron chi connectivity index (χ1n) is 6.50. The second-order valence-corrected chi connectivity index (χ2v) is 5.11. The van der Waals surface area contributed by atoms with Crippen molar-refractivity contribution < 1.29 is 0 Å². The monoisotopic (exact) mass is 233 g/mol. The first kappa shape index (κ1) is 12.4. The number of rotatable bonds is 2. The molecule has 1 saturated heterocycles. The van der Waals surface area contributed by atoms with Crippen LogP contribution >= 0.6 is 0 Å². The van der Waals surface area contributed by atoms with Crippen LogP contribution in [-0.2, 0) is 0 Å². The second-order valence-electron chi connectivity index (χ2n) is 5.11. The summed E-state index contributed by atoms with van der Waals surface area (Å²) < 4.78 is 0. The molecule has 0 radical (unpaired) electrons. The zero-order valence-corrected chi connectivity index (χ0v) is 11.3. The number of anilines is 1. The van der Waals surface area contributed by atoms with E-state index in [1.165, 1.54) is 18.5 Å². The highest BCUT2D eigenvalue weighted by atomic mass is 15.2. The van der Waals surface area contributed by atoms with Gasteiger partial charge in [-0.05, 0) is 52.8 Å². The van der Waals surface area contributed by atoms with E-state index in [-0.39, 0.29) is 0 Å². The molecule has 0 saturated carbocycles. The quantitative estimate of drug-likeness (QED) is 0.849. The topological polar surface area (TPSA) is 28.2 Å². The Labute approximate surface area is 104 Å². The number of aryl methyl sites for hydroxylation is 2. The van der Waals surface area contributed by atoms with Crippen LogP contribution in [0.5, 0.6) is 0 Å². The summed E-state index contributed by atoms with van der Waals surface area (Å²) in [6.07, 6.45) is 2.43. The molecule has 0 aromatic carbocycles. The van der Waals surface area contributed by atoms with Gasteiger partial charge >= 0.3 is 0 Å². The van der Waals surface area contributed by atoms with E-state index in [2.05, 4.69) is 48.2 Å². The third-order valence-electron chi connectivity index (χ3n) is 3.79. The number of piperidine rings is 1. The van der Waals surface area contributed by atoms with E-state index in [4.69, 9.17) is 0 Å². The summed E-state index contributed by atoms with van der Waals surface area (Å²) in [6, 6.07) is 5.58. The normalized spacial score (nSPS) is 25.1. The number of nitrogens with one attached hydrogen (secondary N) is 1. The zero-order chi connectivity index (χ0) is 12.4. The third kappa shape index (κ3) is 2.60. The lowest BCUT2D eigenvalue weighted by atomic mass is 9.97. The maximum absolute atomic E-state index is 4.57. The molecule has 0 aliphatic carbocycles. The maximum Gasteiger partial charge on any atom is 0.0609 e. The molecule has 1 aliphatic heterocycles. The molecule has 1 aromatic rings. The fourth-order valence-electron chi connectivity index (χ4n) is 2.78. The van der Waals surface area contributed by atoms with Gasteiger partial charge in [-0.3, -0.25) is 4.98 Å². The van der Waals surface area contributed by atoms with E-state index in [0.29, 0.717) is 12.1 Å². The summed E-state index contributed by atoms with van der Waals surface area (Å²) in [5, 5.41) is 3.39. The van der Waals surface area contributed by atoms with Crippen LogP contribution in [0.15, 0.2) is 12.1 Å². The number of pyridine rings is 1. The molecule has 0 bridgehead atoms. The van der Waals surface area contributed by atoms with Crippen molar-refractivity contribution in [2.24, 2.45) is 0 Å². The Morgan fingerprint density at radius 1 is 1.35 bits per heavy atom. The Morgan fingerprint density at radius 2 is 2.12 bits per heavy atom. The smallest absolute Gasteiger partial charge is 0.0609 e. The zero-order valence-electron chi connectivity index (χ0n) is 11.3. The van der Waals surface area contributed by atoms with Gasteiger partial charge in [-0.25, -0.2) is 0 Å². The Kier molecular flexibility index (Phi) is 3.67. The molecule has 3 nitrogen and oxygen atoms in total. The van der Waals surface area contributed by atoms with Crippen LogP contribution in [0.3, 0.4) is 0 Å². The van der Waals surface area contributed by atoms with Crippen molar-refractivity contribution in [3.63, 3.8) is 0 Å². The SMILES string of the molecule is CNC1CCN(c2ccc(C)nc2C)C(C)C1. The minimum absolute atomic E-state index is 0.587. The van der Waals surface area contributed by atoms with E-state index >= 15 is 0 Å². The molecule has 1 aromatic heterocycles. The largest absolute Gasteiger partial charge is 0.367 e. The lowest BCUT2D eigenvalue weighted by molar-refractivity contribution is 0.386. The molecule has 2 unspecified atom stereocenters. The molecule has 0 spiro atoms. The number of hydrogen-bond acceptors (Lipinski definition) is 3. The summed E-state index contributed by atoms with van der Waals surface area (Å²) >= 11 is 0. The average Bonchev–Trinajstić information content (AvgIpc) is 2.30. The van der Waals surface area contributed by atoms with E-state index in [9.17, 15) is 0 Å². The molecule has 2 rings (SSSR count). The molecule has 3 heteroatoms. The predicted molar refractivity (Wildman–Crippen MR) is 72.6 cm³/mol. The number of aromatic nitrogens is 1. The van der Waals surface area contributed by atoms with Gasteiger partial charge in [0.1, 0.15) is 0 Å². The molecule has 1 N–H and O–H groups in total. The maximum atomic E-state index is 4.57. The van der Waals surface area contributed by atoms with Gasteiger partial charge in [0, 0.05) is 24.3 Å². The first-order valence-corrected chi connectivity index (χ1v) is 6.50. The van der Waals surface area contributed by atoms with Crippen molar-refractivity contribution >= 4 is 5.69 Å². The minimum Gasteiger partial charge on any atom is -0.367 e. The van der Waals surface area contributed by atoms with E-state index in [0.717, 1.165) is 17.9 Å². The van der Waals surface area contributed by atoms with Crippen LogP contribution in [-0.4, -0.2) is 30.7 Å². The van der Waals surface area contributed by atoms with Crippen molar-refractivity contribution in [3.05, 3.63) is 23.5 Å². The molecule has 1 aliphatic rings. The van der Waals surface area contributed by atoms with Crippen molar-refractivity contribution in [1.82, 2.24) is 10.3 Å².